The van der Waals surface area contributed by atoms with E-state index in [4.69, 9.17) is 11.6 Å². The molecule has 8 heteroatoms. The van der Waals surface area contributed by atoms with Crippen LogP contribution >= 0.6 is 23.4 Å². The molecule has 0 aromatic carbocycles. The van der Waals surface area contributed by atoms with Crippen LogP contribution in [0.4, 0.5) is 5.95 Å². The molecule has 0 unspecified atom stereocenters. The van der Waals surface area contributed by atoms with E-state index in [2.05, 4.69) is 24.6 Å². The number of halogens is 1. The molecule has 1 aromatic heterocycles. The first-order valence-electron chi connectivity index (χ1n) is 6.55. The van der Waals surface area contributed by atoms with Gasteiger partial charge < -0.3 is 9.64 Å². The summed E-state index contributed by atoms with van der Waals surface area (Å²) in [6.45, 7) is 1.90. The number of rotatable bonds is 5. The number of thioether (sulfide) groups is 1. The van der Waals surface area contributed by atoms with Crippen molar-refractivity contribution in [1.82, 2.24) is 15.0 Å². The van der Waals surface area contributed by atoms with Crippen LogP contribution in [0.25, 0.3) is 0 Å². The van der Waals surface area contributed by atoms with Gasteiger partial charge >= 0.3 is 5.97 Å². The molecule has 0 radical (unpaired) electrons. The van der Waals surface area contributed by atoms with Crippen molar-refractivity contribution in [1.29, 1.82) is 0 Å². The van der Waals surface area contributed by atoms with Crippen molar-refractivity contribution in [3.8, 4) is 0 Å². The van der Waals surface area contributed by atoms with Gasteiger partial charge in [0.05, 0.1) is 13.5 Å². The zero-order chi connectivity index (χ0) is 14.4. The molecule has 0 spiro atoms. The molecule has 1 aliphatic rings. The minimum Gasteiger partial charge on any atom is -0.469 e. The molecule has 1 saturated heterocycles. The summed E-state index contributed by atoms with van der Waals surface area (Å²) in [4.78, 5) is 25.9. The highest BCUT2D eigenvalue weighted by molar-refractivity contribution is 7.99. The summed E-state index contributed by atoms with van der Waals surface area (Å²) in [5.41, 5.74) is 0. The lowest BCUT2D eigenvalue weighted by Crippen LogP contribution is -2.31. The number of hydrogen-bond donors (Lipinski definition) is 0. The fourth-order valence-electron chi connectivity index (χ4n) is 1.95. The summed E-state index contributed by atoms with van der Waals surface area (Å²) in [7, 11) is 1.38. The lowest BCUT2D eigenvalue weighted by molar-refractivity contribution is -0.140. The predicted octanol–water partition coefficient (Wildman–Crippen LogP) is 2.17. The van der Waals surface area contributed by atoms with E-state index in [1.165, 1.54) is 25.3 Å². The zero-order valence-electron chi connectivity index (χ0n) is 11.3. The lowest BCUT2D eigenvalue weighted by atomic mass is 10.1. The number of piperidine rings is 1. The number of hydrogen-bond acceptors (Lipinski definition) is 7. The molecule has 1 fully saturated rings. The molecule has 0 saturated carbocycles. The maximum atomic E-state index is 11.1. The molecular formula is C12H17ClN4O2S. The van der Waals surface area contributed by atoms with Gasteiger partial charge in [0.15, 0.2) is 5.16 Å². The molecule has 1 aromatic rings. The molecule has 20 heavy (non-hydrogen) atoms. The zero-order valence-corrected chi connectivity index (χ0v) is 12.9. The molecule has 110 valence electrons. The van der Waals surface area contributed by atoms with Crippen molar-refractivity contribution in [3.63, 3.8) is 0 Å². The first-order valence-corrected chi connectivity index (χ1v) is 7.91. The Morgan fingerprint density at radius 1 is 1.30 bits per heavy atom. The Balaban J connectivity index is 1.98. The van der Waals surface area contributed by atoms with Crippen molar-refractivity contribution in [2.24, 2.45) is 0 Å². The molecule has 0 amide bonds. The van der Waals surface area contributed by atoms with Gasteiger partial charge in [0.25, 0.3) is 0 Å². The van der Waals surface area contributed by atoms with E-state index in [9.17, 15) is 4.79 Å². The number of nitrogens with zero attached hydrogens (tertiary/aromatic N) is 4. The minimum atomic E-state index is -0.242. The largest absolute Gasteiger partial charge is 0.469 e. The van der Waals surface area contributed by atoms with Gasteiger partial charge in [-0.15, -0.1) is 0 Å². The number of carbonyl (C=O) groups excluding carboxylic acids is 1. The molecule has 2 heterocycles. The highest BCUT2D eigenvalue weighted by Crippen LogP contribution is 2.21. The summed E-state index contributed by atoms with van der Waals surface area (Å²) in [6, 6.07) is 0. The molecule has 2 rings (SSSR count). The number of carbonyl (C=O) groups is 1. The molecular weight excluding hydrogens is 300 g/mol. The van der Waals surface area contributed by atoms with Gasteiger partial charge in [-0.05, 0) is 30.9 Å². The Kier molecular flexibility index (Phi) is 5.85. The SMILES string of the molecule is COC(=O)CCSc1nc(Cl)nc(N2CCCCC2)n1. The number of esters is 1. The number of methoxy groups -OCH3 is 1. The van der Waals surface area contributed by atoms with E-state index >= 15 is 0 Å². The fraction of sp³-hybridized carbons (Fsp3) is 0.667. The van der Waals surface area contributed by atoms with E-state index in [1.54, 1.807) is 0 Å². The summed E-state index contributed by atoms with van der Waals surface area (Å²) in [5, 5.41) is 0.746. The fourth-order valence-corrected chi connectivity index (χ4v) is 2.90. The van der Waals surface area contributed by atoms with E-state index in [0.717, 1.165) is 25.9 Å². The molecule has 0 N–H and O–H groups in total. The van der Waals surface area contributed by atoms with Crippen LogP contribution in [0.1, 0.15) is 25.7 Å². The van der Waals surface area contributed by atoms with Crippen LogP contribution in [-0.4, -0.2) is 46.9 Å². The third-order valence-corrected chi connectivity index (χ3v) is 4.00. The lowest BCUT2D eigenvalue weighted by Gasteiger charge is -2.26. The van der Waals surface area contributed by atoms with E-state index in [0.29, 0.717) is 23.3 Å². The van der Waals surface area contributed by atoms with Crippen LogP contribution < -0.4 is 4.90 Å². The van der Waals surface area contributed by atoms with Crippen LogP contribution in [-0.2, 0) is 9.53 Å². The normalized spacial score (nSPS) is 15.2. The molecule has 6 nitrogen and oxygen atoms in total. The van der Waals surface area contributed by atoms with Crippen molar-refractivity contribution >= 4 is 35.3 Å². The standard InChI is InChI=1S/C12H17ClN4O2S/c1-19-9(18)5-8-20-12-15-10(13)14-11(16-12)17-6-3-2-4-7-17/h2-8H2,1H3. The van der Waals surface area contributed by atoms with Gasteiger partial charge in [-0.25, -0.2) is 0 Å². The van der Waals surface area contributed by atoms with Gasteiger partial charge in [-0.1, -0.05) is 11.8 Å². The van der Waals surface area contributed by atoms with E-state index < -0.39 is 0 Å². The van der Waals surface area contributed by atoms with E-state index in [-0.39, 0.29) is 11.3 Å². The third kappa shape index (κ3) is 4.49. The predicted molar refractivity (Wildman–Crippen MR) is 78.3 cm³/mol. The van der Waals surface area contributed by atoms with Gasteiger partial charge in [-0.2, -0.15) is 15.0 Å². The number of aromatic nitrogens is 3. The Hall–Kier alpha value is -1.08. The maximum absolute atomic E-state index is 11.1. The van der Waals surface area contributed by atoms with Gasteiger partial charge in [0, 0.05) is 18.8 Å². The second kappa shape index (κ2) is 7.64. The first kappa shape index (κ1) is 15.3. The van der Waals surface area contributed by atoms with Crippen molar-refractivity contribution in [2.45, 2.75) is 30.8 Å². The Labute approximate surface area is 127 Å². The summed E-state index contributed by atoms with van der Waals surface area (Å²) >= 11 is 7.33. The highest BCUT2D eigenvalue weighted by Gasteiger charge is 2.16. The third-order valence-electron chi connectivity index (χ3n) is 2.98. The Bertz CT molecular complexity index is 469. The van der Waals surface area contributed by atoms with Gasteiger partial charge in [-0.3, -0.25) is 4.79 Å². The number of ether oxygens (including phenoxy) is 1. The molecule has 0 aliphatic carbocycles. The summed E-state index contributed by atoms with van der Waals surface area (Å²) < 4.78 is 4.59. The minimum absolute atomic E-state index is 0.196. The van der Waals surface area contributed by atoms with Crippen molar-refractivity contribution in [3.05, 3.63) is 5.28 Å². The monoisotopic (exact) mass is 316 g/mol. The van der Waals surface area contributed by atoms with Crippen LogP contribution in [0.5, 0.6) is 0 Å². The summed E-state index contributed by atoms with van der Waals surface area (Å²) in [5.74, 6) is 0.950. The molecule has 0 atom stereocenters. The average Bonchev–Trinajstić information content (AvgIpc) is 2.47. The van der Waals surface area contributed by atoms with Crippen LogP contribution in [0.15, 0.2) is 5.16 Å². The van der Waals surface area contributed by atoms with Crippen LogP contribution in [0.2, 0.25) is 5.28 Å². The Morgan fingerprint density at radius 2 is 2.05 bits per heavy atom. The quantitative estimate of drug-likeness (QED) is 0.609. The number of anilines is 1. The average molecular weight is 317 g/mol. The van der Waals surface area contributed by atoms with Crippen molar-refractivity contribution < 1.29 is 9.53 Å². The first-order chi connectivity index (χ1) is 9.69. The van der Waals surface area contributed by atoms with Crippen LogP contribution in [0.3, 0.4) is 0 Å². The summed E-state index contributed by atoms with van der Waals surface area (Å²) in [6.07, 6.45) is 3.86. The topological polar surface area (TPSA) is 68.2 Å². The van der Waals surface area contributed by atoms with Gasteiger partial charge in [0.1, 0.15) is 0 Å². The van der Waals surface area contributed by atoms with Crippen LogP contribution in [0, 0.1) is 0 Å². The molecule has 0 bridgehead atoms. The second-order valence-corrected chi connectivity index (χ2v) is 5.81. The Morgan fingerprint density at radius 3 is 2.75 bits per heavy atom. The van der Waals surface area contributed by atoms with Crippen molar-refractivity contribution in [2.75, 3.05) is 30.9 Å². The maximum Gasteiger partial charge on any atom is 0.306 e. The highest BCUT2D eigenvalue weighted by atomic mass is 35.5. The molecule has 1 aliphatic heterocycles. The van der Waals surface area contributed by atoms with Gasteiger partial charge in [0.2, 0.25) is 11.2 Å². The smallest absolute Gasteiger partial charge is 0.306 e. The second-order valence-electron chi connectivity index (χ2n) is 4.41. The van der Waals surface area contributed by atoms with E-state index in [1.807, 2.05) is 0 Å².